The van der Waals surface area contributed by atoms with Gasteiger partial charge in [0.15, 0.2) is 0 Å². The van der Waals surface area contributed by atoms with Gasteiger partial charge in [-0.15, -0.1) is 0 Å². The lowest BCUT2D eigenvalue weighted by Crippen LogP contribution is -2.56. The van der Waals surface area contributed by atoms with E-state index in [0.29, 0.717) is 24.4 Å². The van der Waals surface area contributed by atoms with Crippen LogP contribution in [-0.2, 0) is 9.59 Å². The fourth-order valence-electron chi connectivity index (χ4n) is 5.06. The molecule has 3 atom stereocenters. The smallest absolute Gasteiger partial charge is 0.223 e. The van der Waals surface area contributed by atoms with Gasteiger partial charge in [0.1, 0.15) is 0 Å². The molecular formula is C22H30ClN3O2. The van der Waals surface area contributed by atoms with E-state index in [0.717, 1.165) is 42.1 Å². The molecule has 1 aromatic heterocycles. The third-order valence-electron chi connectivity index (χ3n) is 6.63. The van der Waals surface area contributed by atoms with Gasteiger partial charge in [-0.3, -0.25) is 9.59 Å². The van der Waals surface area contributed by atoms with Crippen molar-refractivity contribution in [3.8, 4) is 0 Å². The average Bonchev–Trinajstić information content (AvgIpc) is 3.07. The summed E-state index contributed by atoms with van der Waals surface area (Å²) in [6.07, 6.45) is 6.62. The fourth-order valence-corrected chi connectivity index (χ4v) is 5.34. The van der Waals surface area contributed by atoms with Crippen LogP contribution in [0.4, 0.5) is 0 Å². The summed E-state index contributed by atoms with van der Waals surface area (Å²) in [5, 5.41) is 1.71. The van der Waals surface area contributed by atoms with Crippen LogP contribution in [0.5, 0.6) is 0 Å². The second-order valence-electron chi connectivity index (χ2n) is 8.24. The number of benzene rings is 1. The van der Waals surface area contributed by atoms with Gasteiger partial charge in [0.25, 0.3) is 0 Å². The standard InChI is InChI=1S/C21H26ClN3O2.CH4/c1-13(15-12-24-17-6-2-5-16(22)19(15)17)10-18(26)25-9-8-21(20(23)27)7-3-4-14(25)11-21;/h2,5-6,12-14,24H,3-4,7-11H2,1H3,(H2,23,27);1H4. The van der Waals surface area contributed by atoms with E-state index in [4.69, 9.17) is 17.3 Å². The van der Waals surface area contributed by atoms with Crippen LogP contribution >= 0.6 is 11.6 Å². The summed E-state index contributed by atoms with van der Waals surface area (Å²) in [4.78, 5) is 30.3. The number of nitrogens with one attached hydrogen (secondary N) is 1. The largest absolute Gasteiger partial charge is 0.369 e. The molecule has 1 saturated heterocycles. The number of nitrogens with two attached hydrogens (primary N) is 1. The molecule has 2 bridgehead atoms. The molecule has 1 aliphatic heterocycles. The highest BCUT2D eigenvalue weighted by Gasteiger charge is 2.47. The Kier molecular flexibility index (Phi) is 5.76. The van der Waals surface area contributed by atoms with Crippen molar-refractivity contribution in [2.24, 2.45) is 11.1 Å². The lowest BCUT2D eigenvalue weighted by molar-refractivity contribution is -0.146. The Morgan fingerprint density at radius 1 is 1.39 bits per heavy atom. The van der Waals surface area contributed by atoms with Gasteiger partial charge in [-0.05, 0) is 49.3 Å². The molecule has 2 aromatic rings. The predicted octanol–water partition coefficient (Wildman–Crippen LogP) is 4.60. The van der Waals surface area contributed by atoms with Crippen LogP contribution in [-0.4, -0.2) is 34.3 Å². The fraction of sp³-hybridized carbons (Fsp3) is 0.545. The maximum atomic E-state index is 13.1. The highest BCUT2D eigenvalue weighted by Crippen LogP contribution is 2.45. The Bertz CT molecular complexity index is 893. The van der Waals surface area contributed by atoms with Gasteiger partial charge in [-0.1, -0.05) is 38.4 Å². The SMILES string of the molecule is C.CC(CC(=O)N1CCC2(C(N)=O)CCCC1C2)c1c[nH]c2cccc(Cl)c12. The Morgan fingerprint density at radius 3 is 2.93 bits per heavy atom. The molecular weight excluding hydrogens is 374 g/mol. The molecule has 1 aliphatic carbocycles. The molecule has 28 heavy (non-hydrogen) atoms. The van der Waals surface area contributed by atoms with Gasteiger partial charge in [0, 0.05) is 36.1 Å². The number of hydrogen-bond donors (Lipinski definition) is 2. The number of rotatable bonds is 4. The summed E-state index contributed by atoms with van der Waals surface area (Å²) in [6, 6.07) is 5.94. The van der Waals surface area contributed by atoms with Gasteiger partial charge in [-0.2, -0.15) is 0 Å². The molecule has 2 aliphatic rings. The number of fused-ring (bicyclic) bond motifs is 3. The van der Waals surface area contributed by atoms with Gasteiger partial charge in [0.05, 0.1) is 10.4 Å². The number of hydrogen-bond acceptors (Lipinski definition) is 2. The van der Waals surface area contributed by atoms with Crippen LogP contribution in [0.2, 0.25) is 5.02 Å². The molecule has 3 N–H and O–H groups in total. The van der Waals surface area contributed by atoms with Gasteiger partial charge in [0.2, 0.25) is 11.8 Å². The molecule has 2 heterocycles. The molecule has 3 unspecified atom stereocenters. The Hall–Kier alpha value is -2.01. The zero-order valence-corrected chi connectivity index (χ0v) is 16.4. The molecule has 0 radical (unpaired) electrons. The van der Waals surface area contributed by atoms with E-state index in [1.54, 1.807) is 0 Å². The van der Waals surface area contributed by atoms with E-state index in [2.05, 4.69) is 11.9 Å². The summed E-state index contributed by atoms with van der Waals surface area (Å²) in [6.45, 7) is 2.70. The highest BCUT2D eigenvalue weighted by atomic mass is 35.5. The number of piperidine rings is 1. The highest BCUT2D eigenvalue weighted by molar-refractivity contribution is 6.35. The van der Waals surface area contributed by atoms with Crippen molar-refractivity contribution in [2.45, 2.75) is 64.8 Å². The number of aromatic amines is 1. The number of halogens is 1. The molecule has 1 saturated carbocycles. The van der Waals surface area contributed by atoms with E-state index in [9.17, 15) is 9.59 Å². The third kappa shape index (κ3) is 3.41. The molecule has 6 heteroatoms. The predicted molar refractivity (Wildman–Crippen MR) is 113 cm³/mol. The third-order valence-corrected chi connectivity index (χ3v) is 6.95. The second kappa shape index (κ2) is 7.78. The van der Waals surface area contributed by atoms with Crippen molar-refractivity contribution in [3.63, 3.8) is 0 Å². The number of likely N-dealkylation sites (tertiary alicyclic amines) is 1. The zero-order valence-electron chi connectivity index (χ0n) is 15.6. The first-order chi connectivity index (χ1) is 12.9. The molecule has 2 fully saturated rings. The second-order valence-corrected chi connectivity index (χ2v) is 8.65. The van der Waals surface area contributed by atoms with Crippen molar-refractivity contribution in [1.82, 2.24) is 9.88 Å². The minimum Gasteiger partial charge on any atom is -0.369 e. The number of amides is 2. The van der Waals surface area contributed by atoms with Crippen LogP contribution in [0.3, 0.4) is 0 Å². The molecule has 5 nitrogen and oxygen atoms in total. The van der Waals surface area contributed by atoms with E-state index >= 15 is 0 Å². The van der Waals surface area contributed by atoms with Gasteiger partial charge >= 0.3 is 0 Å². The van der Waals surface area contributed by atoms with Crippen molar-refractivity contribution < 1.29 is 9.59 Å². The minimum absolute atomic E-state index is 0. The number of aromatic nitrogens is 1. The zero-order chi connectivity index (χ0) is 19.2. The van der Waals surface area contributed by atoms with E-state index < -0.39 is 5.41 Å². The van der Waals surface area contributed by atoms with Crippen molar-refractivity contribution in [1.29, 1.82) is 0 Å². The Labute approximate surface area is 171 Å². The quantitative estimate of drug-likeness (QED) is 0.782. The number of carbonyl (C=O) groups excluding carboxylic acids is 2. The molecule has 1 aromatic carbocycles. The molecule has 4 rings (SSSR count). The number of H-pyrrole nitrogens is 1. The Balaban J connectivity index is 0.00000225. The van der Waals surface area contributed by atoms with E-state index in [-0.39, 0.29) is 31.2 Å². The first-order valence-electron chi connectivity index (χ1n) is 9.76. The molecule has 152 valence electrons. The lowest BCUT2D eigenvalue weighted by atomic mass is 9.66. The van der Waals surface area contributed by atoms with E-state index in [1.165, 1.54) is 0 Å². The number of carbonyl (C=O) groups is 2. The first kappa shape index (κ1) is 20.7. The summed E-state index contributed by atoms with van der Waals surface area (Å²) >= 11 is 6.39. The Morgan fingerprint density at radius 2 is 2.18 bits per heavy atom. The first-order valence-corrected chi connectivity index (χ1v) is 10.1. The van der Waals surface area contributed by atoms with Crippen LogP contribution in [0, 0.1) is 5.41 Å². The maximum Gasteiger partial charge on any atom is 0.223 e. The van der Waals surface area contributed by atoms with Gasteiger partial charge in [-0.25, -0.2) is 0 Å². The van der Waals surface area contributed by atoms with Crippen LogP contribution in [0.25, 0.3) is 10.9 Å². The number of nitrogens with zero attached hydrogens (tertiary/aromatic N) is 1. The van der Waals surface area contributed by atoms with Crippen molar-refractivity contribution in [3.05, 3.63) is 35.0 Å². The maximum absolute atomic E-state index is 13.1. The van der Waals surface area contributed by atoms with Crippen molar-refractivity contribution in [2.75, 3.05) is 6.54 Å². The number of primary amides is 1. The van der Waals surface area contributed by atoms with Gasteiger partial charge < -0.3 is 15.6 Å². The monoisotopic (exact) mass is 403 g/mol. The molecule has 0 spiro atoms. The minimum atomic E-state index is -0.393. The average molecular weight is 404 g/mol. The van der Waals surface area contributed by atoms with Crippen LogP contribution < -0.4 is 5.73 Å². The molecule has 2 amide bonds. The van der Waals surface area contributed by atoms with Crippen LogP contribution in [0.15, 0.2) is 24.4 Å². The van der Waals surface area contributed by atoms with Crippen LogP contribution in [0.1, 0.15) is 64.4 Å². The lowest BCUT2D eigenvalue weighted by Gasteiger charge is -2.49. The summed E-state index contributed by atoms with van der Waals surface area (Å²) in [7, 11) is 0. The topological polar surface area (TPSA) is 79.2 Å². The normalized spacial score (nSPS) is 25.2. The van der Waals surface area contributed by atoms with Crippen molar-refractivity contribution >= 4 is 34.3 Å². The van der Waals surface area contributed by atoms with E-state index in [1.807, 2.05) is 29.3 Å². The summed E-state index contributed by atoms with van der Waals surface area (Å²) < 4.78 is 0. The summed E-state index contributed by atoms with van der Waals surface area (Å²) in [5.41, 5.74) is 7.36. The summed E-state index contributed by atoms with van der Waals surface area (Å²) in [5.74, 6) is 0.0348.